The fourth-order valence-corrected chi connectivity index (χ4v) is 5.21. The van der Waals surface area contributed by atoms with Crippen molar-refractivity contribution in [1.82, 2.24) is 4.31 Å². The van der Waals surface area contributed by atoms with Gasteiger partial charge in [-0.05, 0) is 55.5 Å². The van der Waals surface area contributed by atoms with E-state index in [1.165, 1.54) is 28.2 Å². The molecule has 0 aromatic heterocycles. The Balaban J connectivity index is 1.83. The van der Waals surface area contributed by atoms with Crippen LogP contribution in [0.3, 0.4) is 0 Å². The summed E-state index contributed by atoms with van der Waals surface area (Å²) in [6.45, 7) is 0.266. The monoisotopic (exact) mass is 394 g/mol. The van der Waals surface area contributed by atoms with E-state index in [4.69, 9.17) is 0 Å². The molecule has 8 heteroatoms. The van der Waals surface area contributed by atoms with Gasteiger partial charge < -0.3 is 5.32 Å². The van der Waals surface area contributed by atoms with Gasteiger partial charge in [-0.1, -0.05) is 12.1 Å². The summed E-state index contributed by atoms with van der Waals surface area (Å²) in [5.41, 5.74) is 0.663. The van der Waals surface area contributed by atoms with Crippen LogP contribution in [0.1, 0.15) is 12.8 Å². The first-order valence-corrected chi connectivity index (χ1v) is 10.8. The first-order chi connectivity index (χ1) is 12.4. The molecule has 3 rings (SSSR count). The molecule has 0 spiro atoms. The van der Waals surface area contributed by atoms with Gasteiger partial charge in [-0.25, -0.2) is 12.8 Å². The predicted octanol–water partition coefficient (Wildman–Crippen LogP) is 3.34. The van der Waals surface area contributed by atoms with E-state index in [1.807, 2.05) is 24.5 Å². The van der Waals surface area contributed by atoms with E-state index in [-0.39, 0.29) is 17.3 Å². The number of rotatable bonds is 5. The topological polar surface area (TPSA) is 66.5 Å². The van der Waals surface area contributed by atoms with Gasteiger partial charge >= 0.3 is 0 Å². The minimum absolute atomic E-state index is 0.0110. The lowest BCUT2D eigenvalue weighted by atomic mass is 10.2. The van der Waals surface area contributed by atoms with Crippen molar-refractivity contribution in [2.45, 2.75) is 28.7 Å². The van der Waals surface area contributed by atoms with Crippen LogP contribution in [0.5, 0.6) is 0 Å². The minimum atomic E-state index is -3.86. The van der Waals surface area contributed by atoms with Gasteiger partial charge in [0.1, 0.15) is 11.9 Å². The number of nitrogens with zero attached hydrogens (tertiary/aromatic N) is 1. The number of carbonyl (C=O) groups excluding carboxylic acids is 1. The fraction of sp³-hybridized carbons (Fsp3) is 0.278. The van der Waals surface area contributed by atoms with E-state index >= 15 is 0 Å². The van der Waals surface area contributed by atoms with E-state index in [1.54, 1.807) is 6.07 Å². The van der Waals surface area contributed by atoms with Gasteiger partial charge in [-0.15, -0.1) is 11.8 Å². The molecule has 0 saturated carbocycles. The van der Waals surface area contributed by atoms with Gasteiger partial charge in [-0.2, -0.15) is 4.31 Å². The number of thioether (sulfide) groups is 1. The Morgan fingerprint density at radius 3 is 2.58 bits per heavy atom. The number of halogens is 1. The summed E-state index contributed by atoms with van der Waals surface area (Å²) in [7, 11) is -3.86. The molecule has 1 unspecified atom stereocenters. The highest BCUT2D eigenvalue weighted by molar-refractivity contribution is 7.98. The lowest BCUT2D eigenvalue weighted by Crippen LogP contribution is -2.43. The number of benzene rings is 2. The highest BCUT2D eigenvalue weighted by Gasteiger charge is 2.39. The summed E-state index contributed by atoms with van der Waals surface area (Å²) in [6, 6.07) is 11.3. The van der Waals surface area contributed by atoms with Crippen molar-refractivity contribution < 1.29 is 17.6 Å². The quantitative estimate of drug-likeness (QED) is 0.790. The van der Waals surface area contributed by atoms with Crippen molar-refractivity contribution in [3.8, 4) is 0 Å². The molecule has 1 N–H and O–H groups in total. The van der Waals surface area contributed by atoms with Crippen LogP contribution in [0.25, 0.3) is 0 Å². The van der Waals surface area contributed by atoms with E-state index in [0.29, 0.717) is 18.5 Å². The second-order valence-corrected chi connectivity index (χ2v) is 8.66. The normalized spacial score (nSPS) is 18.0. The maximum absolute atomic E-state index is 13.1. The molecule has 0 aliphatic carbocycles. The second kappa shape index (κ2) is 7.77. The van der Waals surface area contributed by atoms with Crippen LogP contribution >= 0.6 is 11.8 Å². The second-order valence-electron chi connectivity index (χ2n) is 5.92. The Labute approximate surface area is 156 Å². The van der Waals surface area contributed by atoms with Crippen LogP contribution in [0, 0.1) is 5.82 Å². The molecule has 1 atom stereocenters. The number of hydrogen-bond acceptors (Lipinski definition) is 4. The number of carbonyl (C=O) groups is 1. The molecule has 2 aromatic rings. The summed E-state index contributed by atoms with van der Waals surface area (Å²) in [5.74, 6) is -0.858. The Kier molecular flexibility index (Phi) is 5.64. The number of sulfonamides is 1. The zero-order valence-electron chi connectivity index (χ0n) is 14.2. The zero-order chi connectivity index (χ0) is 18.7. The van der Waals surface area contributed by atoms with Crippen LogP contribution in [0.4, 0.5) is 10.1 Å². The number of anilines is 1. The average Bonchev–Trinajstić information content (AvgIpc) is 3.13. The van der Waals surface area contributed by atoms with Crippen molar-refractivity contribution in [3.05, 3.63) is 54.3 Å². The van der Waals surface area contributed by atoms with Crippen molar-refractivity contribution >= 4 is 33.4 Å². The van der Waals surface area contributed by atoms with Crippen LogP contribution in [0.2, 0.25) is 0 Å². The van der Waals surface area contributed by atoms with Crippen molar-refractivity contribution in [3.63, 3.8) is 0 Å². The number of nitrogens with one attached hydrogen (secondary N) is 1. The highest BCUT2D eigenvalue weighted by Crippen LogP contribution is 2.29. The largest absolute Gasteiger partial charge is 0.324 e. The summed E-state index contributed by atoms with van der Waals surface area (Å²) in [6.07, 6.45) is 2.96. The van der Waals surface area contributed by atoms with Crippen molar-refractivity contribution in [2.24, 2.45) is 0 Å². The van der Waals surface area contributed by atoms with Crippen molar-refractivity contribution in [2.75, 3.05) is 18.1 Å². The molecule has 138 valence electrons. The predicted molar refractivity (Wildman–Crippen MR) is 100 cm³/mol. The summed E-state index contributed by atoms with van der Waals surface area (Å²) >= 11 is 1.50. The Morgan fingerprint density at radius 2 is 1.88 bits per heavy atom. The first-order valence-electron chi connectivity index (χ1n) is 8.15. The minimum Gasteiger partial charge on any atom is -0.324 e. The lowest BCUT2D eigenvalue weighted by molar-refractivity contribution is -0.119. The molecule has 2 aromatic carbocycles. The smallest absolute Gasteiger partial charge is 0.243 e. The SMILES string of the molecule is CSc1ccccc1NC(=O)C1CCCN1S(=O)(=O)c1ccc(F)cc1. The molecule has 1 fully saturated rings. The van der Waals surface area contributed by atoms with Gasteiger partial charge in [0.25, 0.3) is 0 Å². The van der Waals surface area contributed by atoms with Gasteiger partial charge in [0.05, 0.1) is 10.6 Å². The maximum Gasteiger partial charge on any atom is 0.243 e. The zero-order valence-corrected chi connectivity index (χ0v) is 15.8. The highest BCUT2D eigenvalue weighted by atomic mass is 32.2. The molecular weight excluding hydrogens is 375 g/mol. The van der Waals surface area contributed by atoms with Gasteiger partial charge in [-0.3, -0.25) is 4.79 Å². The number of para-hydroxylation sites is 1. The van der Waals surface area contributed by atoms with Crippen molar-refractivity contribution in [1.29, 1.82) is 0 Å². The van der Waals surface area contributed by atoms with E-state index in [0.717, 1.165) is 17.0 Å². The van der Waals surface area contributed by atoms with E-state index in [9.17, 15) is 17.6 Å². The van der Waals surface area contributed by atoms with Crippen LogP contribution in [-0.4, -0.2) is 37.5 Å². The fourth-order valence-electron chi connectivity index (χ4n) is 3.00. The number of hydrogen-bond donors (Lipinski definition) is 1. The van der Waals surface area contributed by atoms with E-state index < -0.39 is 21.9 Å². The Bertz CT molecular complexity index is 901. The molecule has 0 radical (unpaired) electrons. The summed E-state index contributed by atoms with van der Waals surface area (Å²) in [4.78, 5) is 13.6. The molecule has 1 heterocycles. The third-order valence-electron chi connectivity index (χ3n) is 4.29. The molecule has 0 bridgehead atoms. The molecular formula is C18H19FN2O3S2. The summed E-state index contributed by atoms with van der Waals surface area (Å²) < 4.78 is 40.0. The maximum atomic E-state index is 13.1. The molecule has 1 saturated heterocycles. The van der Waals surface area contributed by atoms with Crippen LogP contribution in [-0.2, 0) is 14.8 Å². The third kappa shape index (κ3) is 3.77. The lowest BCUT2D eigenvalue weighted by Gasteiger charge is -2.23. The molecule has 1 aliphatic rings. The van der Waals surface area contributed by atoms with Gasteiger partial charge in [0, 0.05) is 11.4 Å². The van der Waals surface area contributed by atoms with Gasteiger partial charge in [0.15, 0.2) is 0 Å². The standard InChI is InChI=1S/C18H19FN2O3S2/c1-25-17-7-3-2-5-15(17)20-18(22)16-6-4-12-21(16)26(23,24)14-10-8-13(19)9-11-14/h2-3,5,7-11,16H,4,6,12H2,1H3,(H,20,22). The van der Waals surface area contributed by atoms with E-state index in [2.05, 4.69) is 5.32 Å². The summed E-state index contributed by atoms with van der Waals surface area (Å²) in [5, 5.41) is 2.84. The first kappa shape index (κ1) is 18.9. The third-order valence-corrected chi connectivity index (χ3v) is 7.01. The molecule has 1 amide bonds. The average molecular weight is 394 g/mol. The van der Waals surface area contributed by atoms with Crippen LogP contribution in [0.15, 0.2) is 58.3 Å². The molecule has 26 heavy (non-hydrogen) atoms. The Hall–Kier alpha value is -1.90. The number of amides is 1. The van der Waals surface area contributed by atoms with Crippen LogP contribution < -0.4 is 5.32 Å². The molecule has 1 aliphatic heterocycles. The van der Waals surface area contributed by atoms with Gasteiger partial charge in [0.2, 0.25) is 15.9 Å². The molecule has 5 nitrogen and oxygen atoms in total. The Morgan fingerprint density at radius 1 is 1.19 bits per heavy atom.